The van der Waals surface area contributed by atoms with Crippen LogP contribution < -0.4 is 15.3 Å². The van der Waals surface area contributed by atoms with Crippen molar-refractivity contribution >= 4 is 28.9 Å². The number of piperazine rings is 1. The quantitative estimate of drug-likeness (QED) is 0.642. The molecule has 0 spiro atoms. The summed E-state index contributed by atoms with van der Waals surface area (Å²) in [5, 5.41) is 5.25. The fraction of sp³-hybridized carbons (Fsp3) is 0.320. The maximum absolute atomic E-state index is 11.5. The van der Waals surface area contributed by atoms with Crippen molar-refractivity contribution in [3.8, 4) is 0 Å². The largest absolute Gasteiger partial charge is 0.368 e. The van der Waals surface area contributed by atoms with E-state index in [1.54, 1.807) is 13.3 Å². The normalized spacial score (nSPS) is 18.5. The van der Waals surface area contributed by atoms with Gasteiger partial charge in [-0.2, -0.15) is 0 Å². The predicted octanol–water partition coefficient (Wildman–Crippen LogP) is 3.77. The zero-order valence-electron chi connectivity index (χ0n) is 18.7. The SMILES string of the molecule is CC(=O)N1CCN(c2ccc(Nc3cc(N4OCC[C@@H]4c4ccccc4)ncn3)cc2)CC1. The summed E-state index contributed by atoms with van der Waals surface area (Å²) in [6.07, 6.45) is 2.48. The van der Waals surface area contributed by atoms with Crippen LogP contribution in [0.25, 0.3) is 0 Å². The molecule has 2 aliphatic rings. The van der Waals surface area contributed by atoms with Crippen molar-refractivity contribution in [2.45, 2.75) is 19.4 Å². The first-order chi connectivity index (χ1) is 16.2. The number of nitrogens with one attached hydrogen (secondary N) is 1. The molecule has 8 heteroatoms. The van der Waals surface area contributed by atoms with Gasteiger partial charge in [-0.3, -0.25) is 9.63 Å². The summed E-state index contributed by atoms with van der Waals surface area (Å²) in [6, 6.07) is 20.7. The van der Waals surface area contributed by atoms with E-state index in [9.17, 15) is 4.79 Å². The fourth-order valence-corrected chi connectivity index (χ4v) is 4.39. The molecule has 2 aromatic carbocycles. The Balaban J connectivity index is 1.25. The summed E-state index contributed by atoms with van der Waals surface area (Å²) in [7, 11) is 0. The van der Waals surface area contributed by atoms with Gasteiger partial charge in [-0.1, -0.05) is 30.3 Å². The van der Waals surface area contributed by atoms with E-state index in [0.29, 0.717) is 12.4 Å². The van der Waals surface area contributed by atoms with Crippen LogP contribution >= 0.6 is 0 Å². The Hall–Kier alpha value is -3.65. The third-order valence-electron chi connectivity index (χ3n) is 6.20. The lowest BCUT2D eigenvalue weighted by atomic mass is 10.0. The van der Waals surface area contributed by atoms with Crippen LogP contribution in [-0.4, -0.2) is 53.6 Å². The predicted molar refractivity (Wildman–Crippen MR) is 128 cm³/mol. The summed E-state index contributed by atoms with van der Waals surface area (Å²) >= 11 is 0. The Morgan fingerprint density at radius 2 is 1.76 bits per heavy atom. The van der Waals surface area contributed by atoms with Gasteiger partial charge in [0.15, 0.2) is 5.82 Å². The molecule has 0 saturated carbocycles. The number of hydroxylamine groups is 1. The number of hydrogen-bond acceptors (Lipinski definition) is 7. The Bertz CT molecular complexity index is 1080. The molecule has 2 fully saturated rings. The molecule has 1 aromatic heterocycles. The van der Waals surface area contributed by atoms with E-state index >= 15 is 0 Å². The second-order valence-corrected chi connectivity index (χ2v) is 8.30. The monoisotopic (exact) mass is 444 g/mol. The van der Waals surface area contributed by atoms with Crippen molar-refractivity contribution in [3.63, 3.8) is 0 Å². The molecule has 170 valence electrons. The minimum atomic E-state index is 0.136. The molecule has 1 N–H and O–H groups in total. The second kappa shape index (κ2) is 9.46. The molecule has 33 heavy (non-hydrogen) atoms. The van der Waals surface area contributed by atoms with E-state index in [1.807, 2.05) is 46.4 Å². The first-order valence-corrected chi connectivity index (χ1v) is 11.3. The van der Waals surface area contributed by atoms with Crippen molar-refractivity contribution < 1.29 is 9.63 Å². The highest BCUT2D eigenvalue weighted by Crippen LogP contribution is 2.34. The van der Waals surface area contributed by atoms with Crippen LogP contribution in [0.2, 0.25) is 0 Å². The Morgan fingerprint density at radius 1 is 1.00 bits per heavy atom. The average molecular weight is 445 g/mol. The van der Waals surface area contributed by atoms with Gasteiger partial charge < -0.3 is 15.1 Å². The number of carbonyl (C=O) groups excluding carboxylic acids is 1. The zero-order valence-corrected chi connectivity index (χ0v) is 18.7. The van der Waals surface area contributed by atoms with E-state index in [-0.39, 0.29) is 11.9 Å². The molecule has 2 aliphatic heterocycles. The molecule has 0 bridgehead atoms. The van der Waals surface area contributed by atoms with Gasteiger partial charge in [-0.05, 0) is 29.8 Å². The molecule has 8 nitrogen and oxygen atoms in total. The van der Waals surface area contributed by atoms with Gasteiger partial charge in [0.05, 0.1) is 12.6 Å². The first kappa shape index (κ1) is 21.2. The van der Waals surface area contributed by atoms with Gasteiger partial charge >= 0.3 is 0 Å². The van der Waals surface area contributed by atoms with Crippen LogP contribution in [0.4, 0.5) is 23.0 Å². The standard InChI is InChI=1S/C25H28N6O2/c1-19(32)29-12-14-30(15-13-29)22-9-7-21(8-10-22)28-24-17-25(27-18-26-24)31-23(11-16-33-31)20-5-3-2-4-6-20/h2-10,17-18,23H,11-16H2,1H3,(H,26,27,28)/t23-/m1/s1. The molecule has 0 unspecified atom stereocenters. The number of aromatic nitrogens is 2. The number of benzene rings is 2. The van der Waals surface area contributed by atoms with Crippen molar-refractivity contribution in [2.24, 2.45) is 0 Å². The molecule has 3 heterocycles. The maximum Gasteiger partial charge on any atom is 0.219 e. The number of hydrogen-bond donors (Lipinski definition) is 1. The molecule has 1 amide bonds. The van der Waals surface area contributed by atoms with Gasteiger partial charge in [-0.25, -0.2) is 15.0 Å². The van der Waals surface area contributed by atoms with Gasteiger partial charge in [-0.15, -0.1) is 0 Å². The van der Waals surface area contributed by atoms with E-state index in [0.717, 1.165) is 49.8 Å². The van der Waals surface area contributed by atoms with Gasteiger partial charge in [0, 0.05) is 57.0 Å². The zero-order chi connectivity index (χ0) is 22.6. The first-order valence-electron chi connectivity index (χ1n) is 11.3. The molecule has 3 aromatic rings. The van der Waals surface area contributed by atoms with E-state index < -0.39 is 0 Å². The topological polar surface area (TPSA) is 73.8 Å². The van der Waals surface area contributed by atoms with Crippen LogP contribution in [-0.2, 0) is 9.63 Å². The molecule has 0 radical (unpaired) electrons. The Kier molecular flexibility index (Phi) is 6.08. The number of carbonyl (C=O) groups is 1. The molecule has 0 aliphatic carbocycles. The third-order valence-corrected chi connectivity index (χ3v) is 6.20. The van der Waals surface area contributed by atoms with Gasteiger partial charge in [0.1, 0.15) is 12.1 Å². The minimum Gasteiger partial charge on any atom is -0.368 e. The lowest BCUT2D eigenvalue weighted by Gasteiger charge is -2.35. The number of amides is 1. The molecule has 2 saturated heterocycles. The number of anilines is 4. The fourth-order valence-electron chi connectivity index (χ4n) is 4.39. The summed E-state index contributed by atoms with van der Waals surface area (Å²) in [5.74, 6) is 1.59. The highest BCUT2D eigenvalue weighted by Gasteiger charge is 2.29. The summed E-state index contributed by atoms with van der Waals surface area (Å²) in [5.41, 5.74) is 3.32. The number of nitrogens with zero attached hydrogens (tertiary/aromatic N) is 5. The van der Waals surface area contributed by atoms with Crippen LogP contribution in [0, 0.1) is 0 Å². The van der Waals surface area contributed by atoms with Crippen molar-refractivity contribution in [1.82, 2.24) is 14.9 Å². The van der Waals surface area contributed by atoms with Crippen LogP contribution in [0.5, 0.6) is 0 Å². The summed E-state index contributed by atoms with van der Waals surface area (Å²) in [6.45, 7) is 5.52. The summed E-state index contributed by atoms with van der Waals surface area (Å²) < 4.78 is 0. The molecular formula is C25H28N6O2. The molecular weight excluding hydrogens is 416 g/mol. The highest BCUT2D eigenvalue weighted by atomic mass is 16.7. The van der Waals surface area contributed by atoms with Crippen LogP contribution in [0.3, 0.4) is 0 Å². The van der Waals surface area contributed by atoms with Crippen LogP contribution in [0.1, 0.15) is 24.9 Å². The minimum absolute atomic E-state index is 0.136. The number of rotatable bonds is 5. The second-order valence-electron chi connectivity index (χ2n) is 8.30. The average Bonchev–Trinajstić information content (AvgIpc) is 3.36. The van der Waals surface area contributed by atoms with E-state index in [2.05, 4.69) is 44.5 Å². The van der Waals surface area contributed by atoms with Crippen molar-refractivity contribution in [1.29, 1.82) is 0 Å². The Labute approximate surface area is 193 Å². The highest BCUT2D eigenvalue weighted by molar-refractivity contribution is 5.73. The lowest BCUT2D eigenvalue weighted by molar-refractivity contribution is -0.129. The van der Waals surface area contributed by atoms with Crippen molar-refractivity contribution in [2.75, 3.05) is 48.1 Å². The lowest BCUT2D eigenvalue weighted by Crippen LogP contribution is -2.48. The maximum atomic E-state index is 11.5. The van der Waals surface area contributed by atoms with Crippen molar-refractivity contribution in [3.05, 3.63) is 72.6 Å². The molecule has 1 atom stereocenters. The van der Waals surface area contributed by atoms with E-state index in [4.69, 9.17) is 4.84 Å². The smallest absolute Gasteiger partial charge is 0.219 e. The van der Waals surface area contributed by atoms with Gasteiger partial charge in [0.25, 0.3) is 0 Å². The Morgan fingerprint density at radius 3 is 2.48 bits per heavy atom. The van der Waals surface area contributed by atoms with Gasteiger partial charge in [0.2, 0.25) is 5.91 Å². The summed E-state index contributed by atoms with van der Waals surface area (Å²) in [4.78, 5) is 30.5. The van der Waals surface area contributed by atoms with Crippen LogP contribution in [0.15, 0.2) is 67.0 Å². The van der Waals surface area contributed by atoms with E-state index in [1.165, 1.54) is 5.56 Å². The molecule has 5 rings (SSSR count). The third kappa shape index (κ3) is 4.75.